The van der Waals surface area contributed by atoms with Gasteiger partial charge in [-0.15, -0.1) is 13.2 Å². The van der Waals surface area contributed by atoms with E-state index in [4.69, 9.17) is 11.6 Å². The van der Waals surface area contributed by atoms with E-state index in [9.17, 15) is 18.0 Å². The van der Waals surface area contributed by atoms with Crippen molar-refractivity contribution in [3.05, 3.63) is 64.7 Å². The van der Waals surface area contributed by atoms with Gasteiger partial charge < -0.3 is 10.1 Å². The molecule has 0 spiro atoms. The van der Waals surface area contributed by atoms with Gasteiger partial charge in [-0.1, -0.05) is 29.8 Å². The molecule has 172 valence electrons. The number of hydrogen-bond acceptors (Lipinski definition) is 5. The Morgan fingerprint density at radius 2 is 1.81 bits per heavy atom. The van der Waals surface area contributed by atoms with Crippen molar-refractivity contribution in [3.8, 4) is 5.75 Å². The van der Waals surface area contributed by atoms with Crippen LogP contribution in [0.5, 0.6) is 5.75 Å². The lowest BCUT2D eigenvalue weighted by atomic mass is 10.0. The van der Waals surface area contributed by atoms with Crippen LogP contribution in [0.4, 0.5) is 13.2 Å². The Labute approximate surface area is 189 Å². The Morgan fingerprint density at radius 3 is 2.50 bits per heavy atom. The molecule has 32 heavy (non-hydrogen) atoms. The van der Waals surface area contributed by atoms with Crippen LogP contribution < -0.4 is 20.9 Å². The number of piperidine rings is 1. The third-order valence-corrected chi connectivity index (χ3v) is 6.04. The second kappa shape index (κ2) is 9.66. The molecular weight excluding hydrogens is 445 g/mol. The number of halogens is 4. The van der Waals surface area contributed by atoms with E-state index in [0.717, 1.165) is 38.4 Å². The summed E-state index contributed by atoms with van der Waals surface area (Å²) in [6.45, 7) is 1.60. The molecule has 2 aromatic rings. The highest BCUT2D eigenvalue weighted by atomic mass is 35.5. The van der Waals surface area contributed by atoms with Crippen LogP contribution in [0.3, 0.4) is 0 Å². The molecule has 2 unspecified atom stereocenters. The molecule has 0 aromatic heterocycles. The number of benzene rings is 2. The first-order chi connectivity index (χ1) is 15.3. The SMILES string of the molecule is O=C(NC1CCN(C2CC(c3ccc(Cl)cc3)NN2)CC1)c1cccc(OC(F)(F)F)c1. The number of nitrogens with zero attached hydrogens (tertiary/aromatic N) is 1. The van der Waals surface area contributed by atoms with Gasteiger partial charge in [-0.25, -0.2) is 10.9 Å². The number of hydrogen-bond donors (Lipinski definition) is 3. The highest BCUT2D eigenvalue weighted by Crippen LogP contribution is 2.27. The van der Waals surface area contributed by atoms with Crippen molar-refractivity contribution in [1.29, 1.82) is 0 Å². The maximum atomic E-state index is 12.5. The van der Waals surface area contributed by atoms with E-state index in [0.29, 0.717) is 5.02 Å². The van der Waals surface area contributed by atoms with Crippen LogP contribution in [0.15, 0.2) is 48.5 Å². The van der Waals surface area contributed by atoms with Gasteiger partial charge in [0.1, 0.15) is 5.75 Å². The number of amides is 1. The van der Waals surface area contributed by atoms with Gasteiger partial charge in [-0.2, -0.15) is 0 Å². The molecule has 2 fully saturated rings. The molecule has 0 bridgehead atoms. The van der Waals surface area contributed by atoms with Crippen LogP contribution in [0.1, 0.15) is 41.2 Å². The topological polar surface area (TPSA) is 65.6 Å². The summed E-state index contributed by atoms with van der Waals surface area (Å²) in [5, 5.41) is 3.63. The Kier molecular flexibility index (Phi) is 6.90. The molecule has 0 saturated carbocycles. The van der Waals surface area contributed by atoms with Crippen LogP contribution in [0, 0.1) is 0 Å². The maximum absolute atomic E-state index is 12.5. The van der Waals surface area contributed by atoms with Crippen molar-refractivity contribution in [3.63, 3.8) is 0 Å². The van der Waals surface area contributed by atoms with Crippen molar-refractivity contribution >= 4 is 17.5 Å². The Morgan fingerprint density at radius 1 is 1.09 bits per heavy atom. The zero-order valence-corrected chi connectivity index (χ0v) is 17.9. The van der Waals surface area contributed by atoms with E-state index in [1.807, 2.05) is 24.3 Å². The summed E-state index contributed by atoms with van der Waals surface area (Å²) in [7, 11) is 0. The minimum atomic E-state index is -4.79. The molecule has 2 aliphatic rings. The zero-order valence-electron chi connectivity index (χ0n) is 17.2. The third kappa shape index (κ3) is 5.92. The number of nitrogens with one attached hydrogen (secondary N) is 3. The first-order valence-corrected chi connectivity index (χ1v) is 10.8. The fourth-order valence-corrected chi connectivity index (χ4v) is 4.28. The first-order valence-electron chi connectivity index (χ1n) is 10.4. The minimum absolute atomic E-state index is 0.0348. The standard InChI is InChI=1S/C22H24ClF3N4O2/c23-16-6-4-14(5-7-16)19-13-20(29-28-19)30-10-8-17(9-11-30)27-21(31)15-2-1-3-18(12-15)32-22(24,25)26/h1-7,12,17,19-20,28-29H,8-11,13H2,(H,27,31). The maximum Gasteiger partial charge on any atom is 0.573 e. The molecule has 4 rings (SSSR count). The Bertz CT molecular complexity index is 934. The predicted molar refractivity (Wildman–Crippen MR) is 114 cm³/mol. The van der Waals surface area contributed by atoms with Crippen molar-refractivity contribution in [2.45, 2.75) is 43.9 Å². The van der Waals surface area contributed by atoms with E-state index in [-0.39, 0.29) is 23.8 Å². The lowest BCUT2D eigenvalue weighted by molar-refractivity contribution is -0.274. The predicted octanol–water partition coefficient (Wildman–Crippen LogP) is 4.00. The Hall–Kier alpha value is -2.33. The summed E-state index contributed by atoms with van der Waals surface area (Å²) >= 11 is 5.97. The molecule has 2 aliphatic heterocycles. The smallest absolute Gasteiger partial charge is 0.406 e. The third-order valence-electron chi connectivity index (χ3n) is 5.79. The number of carbonyl (C=O) groups excluding carboxylic acids is 1. The lowest BCUT2D eigenvalue weighted by Gasteiger charge is -2.35. The molecule has 0 aliphatic carbocycles. The molecule has 6 nitrogen and oxygen atoms in total. The summed E-state index contributed by atoms with van der Waals surface area (Å²) in [6.07, 6.45) is -2.19. The van der Waals surface area contributed by atoms with Crippen molar-refractivity contribution in [1.82, 2.24) is 21.1 Å². The molecule has 2 heterocycles. The monoisotopic (exact) mass is 468 g/mol. The quantitative estimate of drug-likeness (QED) is 0.619. The van der Waals surface area contributed by atoms with Gasteiger partial charge in [0.15, 0.2) is 0 Å². The number of carbonyl (C=O) groups is 1. The molecule has 3 N–H and O–H groups in total. The number of hydrazine groups is 1. The van der Waals surface area contributed by atoms with Gasteiger partial charge in [0, 0.05) is 35.8 Å². The number of ether oxygens (including phenoxy) is 1. The van der Waals surface area contributed by atoms with Crippen molar-refractivity contribution < 1.29 is 22.7 Å². The normalized spacial score (nSPS) is 22.6. The molecule has 2 saturated heterocycles. The van der Waals surface area contributed by atoms with E-state index < -0.39 is 18.0 Å². The second-order valence-corrected chi connectivity index (χ2v) is 8.44. The second-order valence-electron chi connectivity index (χ2n) is 8.00. The molecule has 2 atom stereocenters. The first kappa shape index (κ1) is 22.8. The van der Waals surface area contributed by atoms with E-state index in [1.165, 1.54) is 23.8 Å². The molecular formula is C22H24ClF3N4O2. The van der Waals surface area contributed by atoms with E-state index in [2.05, 4.69) is 25.8 Å². The van der Waals surface area contributed by atoms with Gasteiger partial charge in [0.25, 0.3) is 5.91 Å². The largest absolute Gasteiger partial charge is 0.573 e. The molecule has 10 heteroatoms. The fourth-order valence-electron chi connectivity index (χ4n) is 4.15. The van der Waals surface area contributed by atoms with Gasteiger partial charge in [0.05, 0.1) is 6.17 Å². The van der Waals surface area contributed by atoms with E-state index in [1.54, 1.807) is 0 Å². The molecule has 2 aromatic carbocycles. The summed E-state index contributed by atoms with van der Waals surface area (Å²) in [5.41, 5.74) is 7.99. The molecule has 1 amide bonds. The van der Waals surface area contributed by atoms with Crippen LogP contribution in [0.2, 0.25) is 5.02 Å². The summed E-state index contributed by atoms with van der Waals surface area (Å²) < 4.78 is 41.1. The summed E-state index contributed by atoms with van der Waals surface area (Å²) in [6, 6.07) is 13.1. The van der Waals surface area contributed by atoms with E-state index >= 15 is 0 Å². The van der Waals surface area contributed by atoms with Crippen LogP contribution in [-0.2, 0) is 0 Å². The fraction of sp³-hybridized carbons (Fsp3) is 0.409. The molecule has 0 radical (unpaired) electrons. The van der Waals surface area contributed by atoms with Crippen LogP contribution in [0.25, 0.3) is 0 Å². The number of alkyl halides is 3. The average Bonchev–Trinajstić information content (AvgIpc) is 3.24. The average molecular weight is 469 g/mol. The highest BCUT2D eigenvalue weighted by Gasteiger charge is 2.33. The van der Waals surface area contributed by atoms with Crippen LogP contribution in [-0.4, -0.2) is 42.5 Å². The highest BCUT2D eigenvalue weighted by molar-refractivity contribution is 6.30. The number of rotatable bonds is 5. The van der Waals surface area contributed by atoms with Gasteiger partial charge in [-0.3, -0.25) is 9.69 Å². The number of likely N-dealkylation sites (tertiary alicyclic amines) is 1. The lowest BCUT2D eigenvalue weighted by Crippen LogP contribution is -2.51. The van der Waals surface area contributed by atoms with Gasteiger partial charge in [-0.05, 0) is 55.2 Å². The van der Waals surface area contributed by atoms with Crippen molar-refractivity contribution in [2.75, 3.05) is 13.1 Å². The Balaban J connectivity index is 1.26. The van der Waals surface area contributed by atoms with Crippen molar-refractivity contribution in [2.24, 2.45) is 0 Å². The summed E-state index contributed by atoms with van der Waals surface area (Å²) in [4.78, 5) is 14.8. The van der Waals surface area contributed by atoms with Gasteiger partial charge in [0.2, 0.25) is 0 Å². The zero-order chi connectivity index (χ0) is 22.7. The minimum Gasteiger partial charge on any atom is -0.406 e. The van der Waals surface area contributed by atoms with Crippen LogP contribution >= 0.6 is 11.6 Å². The van der Waals surface area contributed by atoms with Gasteiger partial charge >= 0.3 is 6.36 Å². The summed E-state index contributed by atoms with van der Waals surface area (Å²) in [5.74, 6) is -0.811.